The van der Waals surface area contributed by atoms with Gasteiger partial charge in [0.2, 0.25) is 5.91 Å². The largest absolute Gasteiger partial charge is 0.287 e. The van der Waals surface area contributed by atoms with E-state index in [4.69, 9.17) is 15.0 Å². The van der Waals surface area contributed by atoms with Gasteiger partial charge in [0.25, 0.3) is 0 Å². The number of amidine groups is 1. The van der Waals surface area contributed by atoms with Gasteiger partial charge in [-0.2, -0.15) is 0 Å². The summed E-state index contributed by atoms with van der Waals surface area (Å²) in [7, 11) is 0. The molecule has 1 amide bonds. The smallest absolute Gasteiger partial charge is 0.225 e. The molecule has 0 unspecified atom stereocenters. The van der Waals surface area contributed by atoms with Crippen molar-refractivity contribution in [2.24, 2.45) is 4.99 Å². The summed E-state index contributed by atoms with van der Waals surface area (Å²) in [5.41, 5.74) is 13.7. The summed E-state index contributed by atoms with van der Waals surface area (Å²) in [6.45, 7) is 7.85. The minimum absolute atomic E-state index is 0.0680. The number of amides is 1. The zero-order chi connectivity index (χ0) is 35.1. The second-order valence-electron chi connectivity index (χ2n) is 13.3. The van der Waals surface area contributed by atoms with E-state index < -0.39 is 0 Å². The third-order valence-corrected chi connectivity index (χ3v) is 9.83. The first-order valence-corrected chi connectivity index (χ1v) is 17.4. The summed E-state index contributed by atoms with van der Waals surface area (Å²) in [6, 6.07) is 49.5. The first kappa shape index (κ1) is 32.0. The molecule has 1 aromatic heterocycles. The fourth-order valence-electron chi connectivity index (χ4n) is 7.26. The summed E-state index contributed by atoms with van der Waals surface area (Å²) in [5.74, 6) is 0.566. The second-order valence-corrected chi connectivity index (χ2v) is 13.3. The summed E-state index contributed by atoms with van der Waals surface area (Å²) < 4.78 is 0. The maximum absolute atomic E-state index is 13.7. The lowest BCUT2D eigenvalue weighted by Gasteiger charge is -2.29. The highest BCUT2D eigenvalue weighted by molar-refractivity contribution is 6.13. The van der Waals surface area contributed by atoms with Crippen LogP contribution in [0.15, 0.2) is 151 Å². The number of rotatable bonds is 6. The lowest BCUT2D eigenvalue weighted by atomic mass is 9.93. The van der Waals surface area contributed by atoms with Crippen LogP contribution in [0.25, 0.3) is 44.5 Å². The molecule has 51 heavy (non-hydrogen) atoms. The van der Waals surface area contributed by atoms with Crippen LogP contribution in [0.3, 0.4) is 0 Å². The number of carbonyl (C=O) groups is 1. The van der Waals surface area contributed by atoms with Gasteiger partial charge >= 0.3 is 0 Å². The Kier molecular flexibility index (Phi) is 8.33. The quantitative estimate of drug-likeness (QED) is 0.178. The first-order chi connectivity index (χ1) is 24.9. The molecule has 8 rings (SSSR count). The molecule has 0 spiro atoms. The van der Waals surface area contributed by atoms with Crippen molar-refractivity contribution in [1.82, 2.24) is 14.9 Å². The Labute approximate surface area is 299 Å². The van der Waals surface area contributed by atoms with Gasteiger partial charge in [0.15, 0.2) is 0 Å². The molecule has 2 heterocycles. The Morgan fingerprint density at radius 2 is 1.02 bits per heavy atom. The average Bonchev–Trinajstić information content (AvgIpc) is 3.57. The number of aromatic nitrogens is 2. The number of hydrogen-bond acceptors (Lipinski definition) is 4. The van der Waals surface area contributed by atoms with Gasteiger partial charge in [-0.3, -0.25) is 14.7 Å². The molecule has 0 saturated carbocycles. The molecular formula is C46H38N4O. The monoisotopic (exact) mass is 662 g/mol. The van der Waals surface area contributed by atoms with Crippen LogP contribution in [0.4, 0.5) is 0 Å². The minimum Gasteiger partial charge on any atom is -0.287 e. The number of hydrogen-bond donors (Lipinski definition) is 0. The summed E-state index contributed by atoms with van der Waals surface area (Å²) in [5, 5.41) is 0. The number of aryl methyl sites for hydroxylation is 3. The van der Waals surface area contributed by atoms with Gasteiger partial charge in [0.1, 0.15) is 11.9 Å². The van der Waals surface area contributed by atoms with Crippen LogP contribution in [0, 0.1) is 20.8 Å². The van der Waals surface area contributed by atoms with Crippen molar-refractivity contribution in [3.63, 3.8) is 0 Å². The van der Waals surface area contributed by atoms with Crippen LogP contribution in [0.2, 0.25) is 0 Å². The van der Waals surface area contributed by atoms with Gasteiger partial charge in [-0.1, -0.05) is 157 Å². The fourth-order valence-corrected chi connectivity index (χ4v) is 7.26. The Bertz CT molecular complexity index is 2420. The molecule has 0 N–H and O–H groups in total. The van der Waals surface area contributed by atoms with E-state index >= 15 is 0 Å². The second kappa shape index (κ2) is 13.3. The Balaban J connectivity index is 1.35. The standard InChI is InChI=1S/C46H38N4O/c1-29-19-23-33(24-20-29)37-27-28-38(34-25-21-30(2)22-26-34)44-43(37)47-31(3)41(48-44)39-17-11-12-18-40(39)46-49-42(35-13-7-5-8-14-35)45(50(46)32(4)51)36-15-9-6-10-16-36/h5-28,42,45H,1-4H3/t42-,45-/m0/s1. The van der Waals surface area contributed by atoms with Crippen molar-refractivity contribution in [2.75, 3.05) is 0 Å². The molecule has 248 valence electrons. The number of benzene rings is 6. The lowest BCUT2D eigenvalue weighted by molar-refractivity contribution is -0.126. The zero-order valence-electron chi connectivity index (χ0n) is 29.2. The average molecular weight is 663 g/mol. The zero-order valence-corrected chi connectivity index (χ0v) is 29.2. The lowest BCUT2D eigenvalue weighted by Crippen LogP contribution is -2.36. The summed E-state index contributed by atoms with van der Waals surface area (Å²) in [6.07, 6.45) is 0. The van der Waals surface area contributed by atoms with E-state index in [0.717, 1.165) is 66.9 Å². The van der Waals surface area contributed by atoms with Gasteiger partial charge in [-0.25, -0.2) is 9.97 Å². The van der Waals surface area contributed by atoms with Gasteiger partial charge < -0.3 is 0 Å². The minimum atomic E-state index is -0.303. The molecule has 1 aliphatic heterocycles. The van der Waals surface area contributed by atoms with Crippen LogP contribution in [0.5, 0.6) is 0 Å². The van der Waals surface area contributed by atoms with Gasteiger partial charge in [-0.05, 0) is 43.0 Å². The van der Waals surface area contributed by atoms with Crippen molar-refractivity contribution >= 4 is 22.8 Å². The van der Waals surface area contributed by atoms with Crippen molar-refractivity contribution in [1.29, 1.82) is 0 Å². The highest BCUT2D eigenvalue weighted by Crippen LogP contribution is 2.45. The highest BCUT2D eigenvalue weighted by atomic mass is 16.2. The van der Waals surface area contributed by atoms with Crippen LogP contribution < -0.4 is 0 Å². The van der Waals surface area contributed by atoms with Crippen LogP contribution in [0.1, 0.15) is 52.5 Å². The number of aliphatic imine (C=N–C) groups is 1. The van der Waals surface area contributed by atoms with Crippen LogP contribution in [-0.4, -0.2) is 26.6 Å². The molecule has 2 atom stereocenters. The molecule has 7 aromatic rings. The third kappa shape index (κ3) is 5.91. The van der Waals surface area contributed by atoms with Gasteiger partial charge in [0, 0.05) is 29.2 Å². The van der Waals surface area contributed by atoms with Crippen molar-refractivity contribution in [3.8, 4) is 33.5 Å². The van der Waals surface area contributed by atoms with Gasteiger partial charge in [-0.15, -0.1) is 0 Å². The molecule has 6 aromatic carbocycles. The van der Waals surface area contributed by atoms with Crippen molar-refractivity contribution in [2.45, 2.75) is 39.8 Å². The molecule has 1 aliphatic rings. The molecule has 0 bridgehead atoms. The van der Waals surface area contributed by atoms with E-state index in [2.05, 4.69) is 111 Å². The number of carbonyl (C=O) groups excluding carboxylic acids is 1. The summed E-state index contributed by atoms with van der Waals surface area (Å²) >= 11 is 0. The molecule has 5 nitrogen and oxygen atoms in total. The van der Waals surface area contributed by atoms with E-state index in [1.165, 1.54) is 11.1 Å². The molecular weight excluding hydrogens is 625 g/mol. The van der Waals surface area contributed by atoms with Crippen LogP contribution >= 0.6 is 0 Å². The predicted octanol–water partition coefficient (Wildman–Crippen LogP) is 10.6. The van der Waals surface area contributed by atoms with E-state index in [0.29, 0.717) is 5.84 Å². The maximum Gasteiger partial charge on any atom is 0.225 e. The van der Waals surface area contributed by atoms with Crippen molar-refractivity contribution in [3.05, 3.63) is 179 Å². The fraction of sp³-hybridized carbons (Fsp3) is 0.130. The Morgan fingerprint density at radius 3 is 1.57 bits per heavy atom. The first-order valence-electron chi connectivity index (χ1n) is 17.4. The van der Waals surface area contributed by atoms with Crippen molar-refractivity contribution < 1.29 is 4.79 Å². The molecule has 0 aliphatic carbocycles. The van der Waals surface area contributed by atoms with Crippen LogP contribution in [-0.2, 0) is 4.79 Å². The van der Waals surface area contributed by atoms with E-state index in [-0.39, 0.29) is 18.0 Å². The summed E-state index contributed by atoms with van der Waals surface area (Å²) in [4.78, 5) is 31.8. The van der Waals surface area contributed by atoms with E-state index in [9.17, 15) is 4.79 Å². The SMILES string of the molecule is CC(=O)N1C(c2ccccc2-c2nc3c(-c4ccc(C)cc4)ccc(-c4ccc(C)cc4)c3nc2C)=N[C@@H](c2ccccc2)[C@@H]1c1ccccc1. The topological polar surface area (TPSA) is 58.5 Å². The molecule has 0 saturated heterocycles. The predicted molar refractivity (Wildman–Crippen MR) is 207 cm³/mol. The van der Waals surface area contributed by atoms with E-state index in [1.807, 2.05) is 60.4 Å². The highest BCUT2D eigenvalue weighted by Gasteiger charge is 2.41. The molecule has 0 fully saturated rings. The number of nitrogens with zero attached hydrogens (tertiary/aromatic N) is 4. The van der Waals surface area contributed by atoms with Gasteiger partial charge in [0.05, 0.1) is 28.5 Å². The Morgan fingerprint density at radius 1 is 0.529 bits per heavy atom. The molecule has 5 heteroatoms. The van der Waals surface area contributed by atoms with E-state index in [1.54, 1.807) is 6.92 Å². The number of fused-ring (bicyclic) bond motifs is 1. The Hall–Kier alpha value is -6.20. The molecule has 0 radical (unpaired) electrons. The normalized spacial score (nSPS) is 15.6. The third-order valence-electron chi connectivity index (χ3n) is 9.83. The maximum atomic E-state index is 13.7.